The average molecular weight is 587 g/mol. The van der Waals surface area contributed by atoms with Crippen LogP contribution in [0.2, 0.25) is 0 Å². The molecule has 10 N–H and O–H groups in total. The van der Waals surface area contributed by atoms with Crippen LogP contribution >= 0.6 is 0 Å². The molecule has 2 fully saturated rings. The molecule has 1 aromatic heterocycles. The molecule has 0 aliphatic carbocycles. The second-order valence-corrected chi connectivity index (χ2v) is 9.51. The molecule has 41 heavy (non-hydrogen) atoms. The smallest absolute Gasteiger partial charge is 0.330 e. The fourth-order valence-corrected chi connectivity index (χ4v) is 4.59. The monoisotopic (exact) mass is 587 g/mol. The number of nitrogens with two attached hydrogens (primary N) is 1. The van der Waals surface area contributed by atoms with Crippen molar-refractivity contribution in [2.24, 2.45) is 5.73 Å². The van der Waals surface area contributed by atoms with Gasteiger partial charge in [0.1, 0.15) is 36.7 Å². The van der Waals surface area contributed by atoms with Crippen molar-refractivity contribution in [1.29, 1.82) is 0 Å². The minimum atomic E-state index is -1.99. The third kappa shape index (κ3) is 6.47. The predicted octanol–water partition coefficient (Wildman–Crippen LogP) is -5.41. The van der Waals surface area contributed by atoms with Crippen LogP contribution < -0.4 is 27.6 Å². The van der Waals surface area contributed by atoms with E-state index in [4.69, 9.17) is 19.9 Å². The largest absolute Gasteiger partial charge is 0.456 e. The third-order valence-corrected chi connectivity index (χ3v) is 6.67. The molecule has 10 unspecified atom stereocenters. The first-order valence-electron chi connectivity index (χ1n) is 12.3. The quantitative estimate of drug-likeness (QED) is 0.101. The van der Waals surface area contributed by atoms with Crippen LogP contribution in [0.4, 0.5) is 0 Å². The first kappa shape index (κ1) is 30.3. The van der Waals surface area contributed by atoms with Gasteiger partial charge in [0.15, 0.2) is 24.2 Å². The Hall–Kier alpha value is -3.69. The Morgan fingerprint density at radius 2 is 1.88 bits per heavy atom. The van der Waals surface area contributed by atoms with Gasteiger partial charge in [-0.25, -0.2) is 9.68 Å². The molecule has 4 heterocycles. The summed E-state index contributed by atoms with van der Waals surface area (Å²) >= 11 is 0. The van der Waals surface area contributed by atoms with Gasteiger partial charge in [0.25, 0.3) is 11.5 Å². The Labute approximate surface area is 229 Å². The maximum Gasteiger partial charge on any atom is 0.330 e. The SMILES string of the molecule is NC(=O)C(OC1OC(C(=O)NC2CCCC(O)NC2=O)=CC(O)C1O)C1OC(n2ccc(=O)[nH]c2=O)C(O)C1OO. The standard InChI is InChI=1S/C22H29N5O14/c23-17(33)16(15-14(41-37)13(32)20(39-15)27-5-4-11(30)26-22(27)36)40-21-12(31)8(28)6-9(38-21)19(35)24-7-2-1-3-10(29)25-18(7)34/h4-8,10,12-16,20-21,28-29,31-32,37H,1-3H2,(H2,23,33)(H,24,35)(H,25,34)(H,26,30,36). The van der Waals surface area contributed by atoms with E-state index < -0.39 is 96.1 Å². The summed E-state index contributed by atoms with van der Waals surface area (Å²) in [6.45, 7) is 0. The maximum absolute atomic E-state index is 12.8. The molecule has 3 aliphatic heterocycles. The number of aliphatic hydroxyl groups is 4. The maximum atomic E-state index is 12.8. The summed E-state index contributed by atoms with van der Waals surface area (Å²) in [6, 6.07) is -0.121. The summed E-state index contributed by atoms with van der Waals surface area (Å²) in [7, 11) is 0. The van der Waals surface area contributed by atoms with Gasteiger partial charge < -0.3 is 51.0 Å². The van der Waals surface area contributed by atoms with Gasteiger partial charge in [-0.3, -0.25) is 34.0 Å². The number of nitrogens with one attached hydrogen (secondary N) is 3. The lowest BCUT2D eigenvalue weighted by Crippen LogP contribution is -2.54. The Kier molecular flexibility index (Phi) is 9.19. The average Bonchev–Trinajstić information content (AvgIpc) is 3.14. The van der Waals surface area contributed by atoms with Crippen LogP contribution in [-0.2, 0) is 33.5 Å². The minimum absolute atomic E-state index is 0.181. The van der Waals surface area contributed by atoms with Crippen molar-refractivity contribution >= 4 is 17.7 Å². The molecule has 19 nitrogen and oxygen atoms in total. The van der Waals surface area contributed by atoms with Gasteiger partial charge in [0.2, 0.25) is 18.1 Å². The zero-order chi connectivity index (χ0) is 30.0. The molecule has 4 rings (SSSR count). The van der Waals surface area contributed by atoms with Crippen molar-refractivity contribution < 1.29 is 59.2 Å². The predicted molar refractivity (Wildman–Crippen MR) is 128 cm³/mol. The van der Waals surface area contributed by atoms with E-state index in [9.17, 15) is 49.7 Å². The van der Waals surface area contributed by atoms with Crippen LogP contribution in [0.15, 0.2) is 33.7 Å². The summed E-state index contributed by atoms with van der Waals surface area (Å²) in [5, 5.41) is 55.1. The molecule has 0 saturated carbocycles. The molecular weight excluding hydrogens is 558 g/mol. The summed E-state index contributed by atoms with van der Waals surface area (Å²) < 4.78 is 17.1. The van der Waals surface area contributed by atoms with Gasteiger partial charge in [0.05, 0.1) is 0 Å². The number of aliphatic hydroxyl groups excluding tert-OH is 4. The van der Waals surface area contributed by atoms with Crippen molar-refractivity contribution in [2.45, 2.75) is 80.7 Å². The number of carbonyl (C=O) groups is 3. The summed E-state index contributed by atoms with van der Waals surface area (Å²) in [5.41, 5.74) is 3.67. The second-order valence-electron chi connectivity index (χ2n) is 9.51. The highest BCUT2D eigenvalue weighted by molar-refractivity contribution is 5.95. The van der Waals surface area contributed by atoms with Crippen molar-refractivity contribution in [3.8, 4) is 0 Å². The van der Waals surface area contributed by atoms with Crippen LogP contribution in [0.5, 0.6) is 0 Å². The Bertz CT molecular complexity index is 1300. The molecule has 3 aliphatic rings. The van der Waals surface area contributed by atoms with Crippen LogP contribution in [0.25, 0.3) is 0 Å². The van der Waals surface area contributed by atoms with Crippen LogP contribution in [0.3, 0.4) is 0 Å². The van der Waals surface area contributed by atoms with Gasteiger partial charge in [-0.05, 0) is 25.3 Å². The summed E-state index contributed by atoms with van der Waals surface area (Å²) in [4.78, 5) is 67.2. The molecule has 1 aromatic rings. The third-order valence-electron chi connectivity index (χ3n) is 6.67. The number of hydrogen-bond donors (Lipinski definition) is 9. The number of nitrogens with zero attached hydrogens (tertiary/aromatic N) is 1. The van der Waals surface area contributed by atoms with Gasteiger partial charge in [-0.1, -0.05) is 0 Å². The Balaban J connectivity index is 1.51. The number of rotatable bonds is 8. The zero-order valence-electron chi connectivity index (χ0n) is 21.1. The lowest BCUT2D eigenvalue weighted by atomic mass is 10.0. The molecular formula is C22H29N5O14. The van der Waals surface area contributed by atoms with E-state index in [0.29, 0.717) is 6.42 Å². The van der Waals surface area contributed by atoms with Crippen molar-refractivity contribution in [2.75, 3.05) is 0 Å². The Morgan fingerprint density at radius 1 is 1.15 bits per heavy atom. The van der Waals surface area contributed by atoms with E-state index in [-0.39, 0.29) is 12.8 Å². The molecule has 0 radical (unpaired) electrons. The molecule has 0 spiro atoms. The number of ether oxygens (including phenoxy) is 3. The highest BCUT2D eigenvalue weighted by atomic mass is 17.1. The molecule has 10 atom stereocenters. The number of amides is 3. The van der Waals surface area contributed by atoms with E-state index in [0.717, 1.165) is 22.9 Å². The second kappa shape index (κ2) is 12.4. The molecule has 2 saturated heterocycles. The summed E-state index contributed by atoms with van der Waals surface area (Å²) in [5.74, 6) is -3.56. The van der Waals surface area contributed by atoms with E-state index in [1.54, 1.807) is 0 Å². The first-order chi connectivity index (χ1) is 19.4. The number of hydrogen-bond acceptors (Lipinski definition) is 14. The molecule has 0 bridgehead atoms. The fraction of sp³-hybridized carbons (Fsp3) is 0.591. The van der Waals surface area contributed by atoms with Crippen LogP contribution in [-0.4, -0.2) is 108 Å². The molecule has 19 heteroatoms. The lowest BCUT2D eigenvalue weighted by molar-refractivity contribution is -0.310. The van der Waals surface area contributed by atoms with Crippen molar-refractivity contribution in [3.63, 3.8) is 0 Å². The van der Waals surface area contributed by atoms with Gasteiger partial charge in [-0.15, -0.1) is 0 Å². The van der Waals surface area contributed by atoms with E-state index in [2.05, 4.69) is 15.5 Å². The topological polar surface area (TPSA) is 294 Å². The lowest BCUT2D eigenvalue weighted by Gasteiger charge is -2.35. The highest BCUT2D eigenvalue weighted by Gasteiger charge is 2.53. The molecule has 0 aromatic carbocycles. The van der Waals surface area contributed by atoms with Crippen LogP contribution in [0.1, 0.15) is 25.5 Å². The molecule has 3 amide bonds. The summed E-state index contributed by atoms with van der Waals surface area (Å²) in [6.07, 6.45) is -13.1. The van der Waals surface area contributed by atoms with Gasteiger partial charge >= 0.3 is 5.69 Å². The van der Waals surface area contributed by atoms with Gasteiger partial charge in [0, 0.05) is 12.3 Å². The zero-order valence-corrected chi connectivity index (χ0v) is 21.1. The van der Waals surface area contributed by atoms with Gasteiger partial charge in [-0.2, -0.15) is 0 Å². The number of carbonyl (C=O) groups excluding carboxylic acids is 3. The highest BCUT2D eigenvalue weighted by Crippen LogP contribution is 2.34. The number of H-pyrrole nitrogens is 1. The number of aromatic amines is 1. The number of primary amides is 1. The van der Waals surface area contributed by atoms with Crippen molar-refractivity contribution in [3.05, 3.63) is 44.9 Å². The van der Waals surface area contributed by atoms with E-state index in [1.165, 1.54) is 0 Å². The number of aromatic nitrogens is 2. The van der Waals surface area contributed by atoms with E-state index >= 15 is 0 Å². The fourth-order valence-electron chi connectivity index (χ4n) is 4.59. The molecule has 226 valence electrons. The van der Waals surface area contributed by atoms with Crippen LogP contribution in [0, 0.1) is 0 Å². The minimum Gasteiger partial charge on any atom is -0.456 e. The van der Waals surface area contributed by atoms with Crippen molar-refractivity contribution in [1.82, 2.24) is 20.2 Å². The first-order valence-corrected chi connectivity index (χ1v) is 12.3. The normalized spacial score (nSPS) is 34.5. The Morgan fingerprint density at radius 3 is 2.54 bits per heavy atom. The van der Waals surface area contributed by atoms with E-state index in [1.807, 2.05) is 4.98 Å².